The average Bonchev–Trinajstić information content (AvgIpc) is 2.96. The lowest BCUT2D eigenvalue weighted by Crippen LogP contribution is -2.17. The smallest absolute Gasteiger partial charge is 0.281 e. The van der Waals surface area contributed by atoms with E-state index in [4.69, 9.17) is 0 Å². The molecule has 4 aromatic rings. The quantitative estimate of drug-likeness (QED) is 0.521. The van der Waals surface area contributed by atoms with Crippen molar-refractivity contribution in [3.63, 3.8) is 0 Å². The summed E-state index contributed by atoms with van der Waals surface area (Å²) in [6.07, 6.45) is 3.17. The first-order valence-corrected chi connectivity index (χ1v) is 8.81. The third-order valence-corrected chi connectivity index (χ3v) is 4.73. The van der Waals surface area contributed by atoms with Gasteiger partial charge < -0.3 is 4.57 Å². The molecule has 0 N–H and O–H groups in total. The summed E-state index contributed by atoms with van der Waals surface area (Å²) >= 11 is 0. The summed E-state index contributed by atoms with van der Waals surface area (Å²) in [5, 5.41) is 4.91. The first-order valence-electron chi connectivity index (χ1n) is 8.81. The van der Waals surface area contributed by atoms with Crippen LogP contribution in [0.2, 0.25) is 0 Å². The van der Waals surface area contributed by atoms with Gasteiger partial charge >= 0.3 is 0 Å². The lowest BCUT2D eigenvalue weighted by atomic mass is 10.2. The second kappa shape index (κ2) is 6.68. The third-order valence-electron chi connectivity index (χ3n) is 4.73. The number of rotatable bonds is 3. The molecule has 27 heavy (non-hydrogen) atoms. The van der Waals surface area contributed by atoms with Crippen LogP contribution in [0.5, 0.6) is 0 Å². The van der Waals surface area contributed by atoms with E-state index in [0.717, 1.165) is 22.6 Å². The highest BCUT2D eigenvalue weighted by Crippen LogP contribution is 2.20. The van der Waals surface area contributed by atoms with Crippen molar-refractivity contribution in [1.82, 2.24) is 14.2 Å². The van der Waals surface area contributed by atoms with Crippen molar-refractivity contribution in [3.8, 4) is 5.69 Å². The Morgan fingerprint density at radius 2 is 1.74 bits per heavy atom. The first-order chi connectivity index (χ1) is 13.0. The van der Waals surface area contributed by atoms with Gasteiger partial charge in [-0.2, -0.15) is 9.78 Å². The fourth-order valence-corrected chi connectivity index (χ4v) is 3.28. The van der Waals surface area contributed by atoms with E-state index in [-0.39, 0.29) is 5.56 Å². The predicted molar refractivity (Wildman–Crippen MR) is 109 cm³/mol. The van der Waals surface area contributed by atoms with Crippen molar-refractivity contribution in [1.29, 1.82) is 0 Å². The molecule has 0 atom stereocenters. The molecule has 2 aromatic heterocycles. The van der Waals surface area contributed by atoms with Crippen molar-refractivity contribution < 1.29 is 0 Å². The molecular formula is C22H20N4O. The molecule has 0 aliphatic carbocycles. The lowest BCUT2D eigenvalue weighted by Gasteiger charge is -2.09. The number of aryl methyl sites for hydroxylation is 2. The van der Waals surface area contributed by atoms with E-state index in [9.17, 15) is 4.79 Å². The van der Waals surface area contributed by atoms with Crippen LogP contribution < -0.4 is 5.56 Å². The number of benzene rings is 2. The normalized spacial score (nSPS) is 11.5. The van der Waals surface area contributed by atoms with Gasteiger partial charge in [0.15, 0.2) is 0 Å². The Morgan fingerprint density at radius 3 is 2.52 bits per heavy atom. The van der Waals surface area contributed by atoms with Gasteiger partial charge in [0.05, 0.1) is 17.1 Å². The molecular weight excluding hydrogens is 336 g/mol. The van der Waals surface area contributed by atoms with Gasteiger partial charge in [0.25, 0.3) is 5.56 Å². The Morgan fingerprint density at radius 1 is 1.00 bits per heavy atom. The van der Waals surface area contributed by atoms with E-state index in [1.54, 1.807) is 12.3 Å². The number of nitrogens with zero attached hydrogens (tertiary/aromatic N) is 4. The molecule has 2 heterocycles. The maximum atomic E-state index is 12.6. The molecule has 0 radical (unpaired) electrons. The molecule has 0 amide bonds. The minimum Gasteiger partial charge on any atom is -0.318 e. The molecule has 0 aliphatic rings. The van der Waals surface area contributed by atoms with Gasteiger partial charge in [-0.1, -0.05) is 29.8 Å². The van der Waals surface area contributed by atoms with Gasteiger partial charge in [-0.3, -0.25) is 4.79 Å². The molecule has 0 spiro atoms. The molecule has 5 heteroatoms. The minimum absolute atomic E-state index is 0.177. The maximum absolute atomic E-state index is 12.6. The molecule has 4 rings (SSSR count). The fourth-order valence-electron chi connectivity index (χ4n) is 3.28. The summed E-state index contributed by atoms with van der Waals surface area (Å²) < 4.78 is 3.46. The van der Waals surface area contributed by atoms with Crippen molar-refractivity contribution in [3.05, 3.63) is 93.8 Å². The molecule has 0 unspecified atom stereocenters. The van der Waals surface area contributed by atoms with E-state index in [1.165, 1.54) is 16.6 Å². The average molecular weight is 356 g/mol. The maximum Gasteiger partial charge on any atom is 0.281 e. The second-order valence-electron chi connectivity index (χ2n) is 6.65. The molecule has 0 saturated heterocycles. The molecule has 0 fully saturated rings. The predicted octanol–water partition coefficient (Wildman–Crippen LogP) is 3.99. The first kappa shape index (κ1) is 17.0. The van der Waals surface area contributed by atoms with Crippen LogP contribution in [0.1, 0.15) is 22.5 Å². The topological polar surface area (TPSA) is 52.2 Å². The second-order valence-corrected chi connectivity index (χ2v) is 6.65. The van der Waals surface area contributed by atoms with Crippen LogP contribution in [-0.4, -0.2) is 20.4 Å². The molecule has 5 nitrogen and oxygen atoms in total. The Balaban J connectivity index is 1.73. The summed E-state index contributed by atoms with van der Waals surface area (Å²) in [5.41, 5.74) is 5.98. The molecule has 0 bridgehead atoms. The number of hydrogen-bond acceptors (Lipinski definition) is 3. The highest BCUT2D eigenvalue weighted by Gasteiger charge is 2.09. The number of hydrogen-bond donors (Lipinski definition) is 0. The Hall–Kier alpha value is -3.47. The zero-order valence-corrected chi connectivity index (χ0v) is 15.5. The zero-order valence-electron chi connectivity index (χ0n) is 15.5. The standard InChI is InChI=1S/C22H20N4O/c1-15-8-10-19(11-9-15)26-16(2)12-18(17(26)3)13-24-25-14-23-21-7-5-4-6-20(21)22(25)27/h4-14H,1-3H3. The summed E-state index contributed by atoms with van der Waals surface area (Å²) in [4.78, 5) is 16.9. The van der Waals surface area contributed by atoms with Gasteiger partial charge in [0.2, 0.25) is 0 Å². The van der Waals surface area contributed by atoms with Gasteiger partial charge in [-0.15, -0.1) is 0 Å². The van der Waals surface area contributed by atoms with Crippen molar-refractivity contribution >= 4 is 17.1 Å². The number of fused-ring (bicyclic) bond motifs is 1. The van der Waals surface area contributed by atoms with Crippen LogP contribution >= 0.6 is 0 Å². The highest BCUT2D eigenvalue weighted by molar-refractivity contribution is 5.82. The van der Waals surface area contributed by atoms with Crippen molar-refractivity contribution in [2.75, 3.05) is 0 Å². The van der Waals surface area contributed by atoms with Crippen LogP contribution in [0.25, 0.3) is 16.6 Å². The summed E-state index contributed by atoms with van der Waals surface area (Å²) in [6, 6.07) is 17.8. The molecule has 134 valence electrons. The van der Waals surface area contributed by atoms with Crippen LogP contribution in [0, 0.1) is 20.8 Å². The van der Waals surface area contributed by atoms with Gasteiger partial charge in [0.1, 0.15) is 6.33 Å². The monoisotopic (exact) mass is 356 g/mol. The van der Waals surface area contributed by atoms with Gasteiger partial charge in [-0.05, 0) is 51.1 Å². The Kier molecular flexibility index (Phi) is 4.20. The Bertz CT molecular complexity index is 1210. The number of para-hydroxylation sites is 1. The van der Waals surface area contributed by atoms with Gasteiger partial charge in [-0.25, -0.2) is 4.98 Å². The fraction of sp³-hybridized carbons (Fsp3) is 0.136. The molecule has 0 aliphatic heterocycles. The molecule has 0 saturated carbocycles. The van der Waals surface area contributed by atoms with Crippen LogP contribution in [0.4, 0.5) is 0 Å². The van der Waals surface area contributed by atoms with Crippen molar-refractivity contribution in [2.24, 2.45) is 5.10 Å². The SMILES string of the molecule is Cc1ccc(-n2c(C)cc(C=Nn3cnc4ccccc4c3=O)c2C)cc1. The van der Waals surface area contributed by atoms with Crippen LogP contribution in [-0.2, 0) is 0 Å². The Labute approximate surface area is 157 Å². The van der Waals surface area contributed by atoms with E-state index in [2.05, 4.69) is 65.8 Å². The minimum atomic E-state index is -0.177. The van der Waals surface area contributed by atoms with Gasteiger partial charge in [0, 0.05) is 22.6 Å². The van der Waals surface area contributed by atoms with Crippen LogP contribution in [0.15, 0.2) is 70.8 Å². The largest absolute Gasteiger partial charge is 0.318 e. The summed E-state index contributed by atoms with van der Waals surface area (Å²) in [5.74, 6) is 0. The van der Waals surface area contributed by atoms with E-state index < -0.39 is 0 Å². The highest BCUT2D eigenvalue weighted by atomic mass is 16.1. The lowest BCUT2D eigenvalue weighted by molar-refractivity contribution is 0.817. The molecule has 2 aromatic carbocycles. The van der Waals surface area contributed by atoms with E-state index in [1.807, 2.05) is 18.2 Å². The summed E-state index contributed by atoms with van der Waals surface area (Å²) in [6.45, 7) is 6.19. The zero-order chi connectivity index (χ0) is 19.0. The third kappa shape index (κ3) is 3.08. The van der Waals surface area contributed by atoms with E-state index >= 15 is 0 Å². The van der Waals surface area contributed by atoms with Crippen LogP contribution in [0.3, 0.4) is 0 Å². The van der Waals surface area contributed by atoms with Crippen molar-refractivity contribution in [2.45, 2.75) is 20.8 Å². The van der Waals surface area contributed by atoms with E-state index in [0.29, 0.717) is 10.9 Å². The number of aromatic nitrogens is 3. The summed E-state index contributed by atoms with van der Waals surface area (Å²) in [7, 11) is 0.